The van der Waals surface area contributed by atoms with Gasteiger partial charge in [-0.15, -0.1) is 22.7 Å². The summed E-state index contributed by atoms with van der Waals surface area (Å²) in [5.41, 5.74) is 0. The SMILES string of the molecule is COCCOc1c2cc(Br)sc2c(OCCOC)c2c(Br)c(Br)sc12. The van der Waals surface area contributed by atoms with E-state index in [-0.39, 0.29) is 0 Å². The van der Waals surface area contributed by atoms with Crippen LogP contribution in [0.3, 0.4) is 0 Å². The maximum absolute atomic E-state index is 6.10. The van der Waals surface area contributed by atoms with Crippen LogP contribution in [0.25, 0.3) is 20.2 Å². The fourth-order valence-electron chi connectivity index (χ4n) is 2.42. The van der Waals surface area contributed by atoms with Gasteiger partial charge in [-0.2, -0.15) is 0 Å². The third-order valence-corrected chi connectivity index (χ3v) is 8.55. The Bertz CT molecular complexity index is 891. The second-order valence-electron chi connectivity index (χ2n) is 5.03. The van der Waals surface area contributed by atoms with Gasteiger partial charge in [0, 0.05) is 19.6 Å². The van der Waals surface area contributed by atoms with Crippen LogP contribution in [0, 0.1) is 0 Å². The highest BCUT2D eigenvalue weighted by Gasteiger charge is 2.24. The molecule has 0 spiro atoms. The quantitative estimate of drug-likeness (QED) is 0.290. The summed E-state index contributed by atoms with van der Waals surface area (Å²) in [6, 6.07) is 2.08. The van der Waals surface area contributed by atoms with Crippen molar-refractivity contribution in [1.82, 2.24) is 0 Å². The molecule has 0 unspecified atom stereocenters. The third kappa shape index (κ3) is 4.02. The van der Waals surface area contributed by atoms with Gasteiger partial charge in [0.05, 0.1) is 40.0 Å². The molecule has 2 heterocycles. The van der Waals surface area contributed by atoms with Gasteiger partial charge in [0.25, 0.3) is 0 Å². The molecule has 0 saturated carbocycles. The van der Waals surface area contributed by atoms with E-state index in [1.54, 1.807) is 36.9 Å². The van der Waals surface area contributed by atoms with E-state index in [1.807, 2.05) is 0 Å². The summed E-state index contributed by atoms with van der Waals surface area (Å²) in [5.74, 6) is 1.71. The number of methoxy groups -OCH3 is 2. The van der Waals surface area contributed by atoms with E-state index in [9.17, 15) is 0 Å². The fraction of sp³-hybridized carbons (Fsp3) is 0.375. The molecule has 0 N–H and O–H groups in total. The third-order valence-electron chi connectivity index (χ3n) is 3.46. The van der Waals surface area contributed by atoms with Crippen molar-refractivity contribution in [2.75, 3.05) is 40.6 Å². The van der Waals surface area contributed by atoms with E-state index in [0.717, 1.165) is 43.7 Å². The van der Waals surface area contributed by atoms with Crippen LogP contribution >= 0.6 is 70.5 Å². The Balaban J connectivity index is 2.23. The second-order valence-corrected chi connectivity index (χ2v) is 10.6. The predicted octanol–water partition coefficient (Wildman–Crippen LogP) is 6.45. The minimum absolute atomic E-state index is 0.486. The molecule has 0 fully saturated rings. The summed E-state index contributed by atoms with van der Waals surface area (Å²) in [7, 11) is 3.33. The van der Waals surface area contributed by atoms with Crippen molar-refractivity contribution in [3.05, 3.63) is 18.1 Å². The predicted molar refractivity (Wildman–Crippen MR) is 115 cm³/mol. The molecule has 9 heteroatoms. The van der Waals surface area contributed by atoms with E-state index >= 15 is 0 Å². The standard InChI is InChI=1S/C16H15Br3O4S2/c1-20-3-5-22-12-8-7-9(17)24-14(8)13(23-6-4-21-2)10-11(18)16(19)25-15(10)12/h7H,3-6H2,1-2H3. The molecule has 4 nitrogen and oxygen atoms in total. The number of halogens is 3. The molecule has 0 aliphatic rings. The average Bonchev–Trinajstić information content (AvgIpc) is 3.10. The molecule has 136 valence electrons. The summed E-state index contributed by atoms with van der Waals surface area (Å²) in [6.07, 6.45) is 0. The Morgan fingerprint density at radius 2 is 1.48 bits per heavy atom. The van der Waals surface area contributed by atoms with Crippen LogP contribution in [0.1, 0.15) is 0 Å². The second kappa shape index (κ2) is 8.86. The highest BCUT2D eigenvalue weighted by Crippen LogP contribution is 2.54. The first kappa shape index (κ1) is 19.9. The van der Waals surface area contributed by atoms with Gasteiger partial charge in [-0.25, -0.2) is 0 Å². The monoisotopic (exact) mass is 572 g/mol. The van der Waals surface area contributed by atoms with Crippen LogP contribution in [0.4, 0.5) is 0 Å². The van der Waals surface area contributed by atoms with Crippen molar-refractivity contribution in [2.24, 2.45) is 0 Å². The Morgan fingerprint density at radius 1 is 0.840 bits per heavy atom. The molecule has 3 rings (SSSR count). The molecule has 0 aliphatic carbocycles. The van der Waals surface area contributed by atoms with E-state index in [1.165, 1.54) is 0 Å². The smallest absolute Gasteiger partial charge is 0.147 e. The van der Waals surface area contributed by atoms with E-state index in [2.05, 4.69) is 53.9 Å². The molecule has 0 bridgehead atoms. The van der Waals surface area contributed by atoms with Gasteiger partial charge in [0.2, 0.25) is 0 Å². The lowest BCUT2D eigenvalue weighted by atomic mass is 10.1. The van der Waals surface area contributed by atoms with Gasteiger partial charge in [-0.3, -0.25) is 0 Å². The van der Waals surface area contributed by atoms with Crippen molar-refractivity contribution < 1.29 is 18.9 Å². The lowest BCUT2D eigenvalue weighted by Gasteiger charge is -2.13. The molecule has 0 amide bonds. The number of ether oxygens (including phenoxy) is 4. The zero-order valence-corrected chi connectivity index (χ0v) is 19.9. The van der Waals surface area contributed by atoms with Crippen LogP contribution in [-0.4, -0.2) is 40.6 Å². The number of rotatable bonds is 8. The van der Waals surface area contributed by atoms with Crippen molar-refractivity contribution in [2.45, 2.75) is 0 Å². The van der Waals surface area contributed by atoms with Crippen LogP contribution in [0.5, 0.6) is 11.5 Å². The maximum atomic E-state index is 6.10. The Morgan fingerprint density at radius 3 is 2.12 bits per heavy atom. The van der Waals surface area contributed by atoms with Gasteiger partial charge in [0.1, 0.15) is 24.7 Å². The number of benzene rings is 1. The molecule has 0 aliphatic heterocycles. The van der Waals surface area contributed by atoms with Crippen molar-refractivity contribution in [3.63, 3.8) is 0 Å². The van der Waals surface area contributed by atoms with Gasteiger partial charge in [0.15, 0.2) is 0 Å². The number of hydrogen-bond acceptors (Lipinski definition) is 6. The molecule has 1 aromatic carbocycles. The van der Waals surface area contributed by atoms with Crippen molar-refractivity contribution in [3.8, 4) is 11.5 Å². The molecule has 0 saturated heterocycles. The van der Waals surface area contributed by atoms with E-state index in [0.29, 0.717) is 26.4 Å². The van der Waals surface area contributed by atoms with Crippen LogP contribution in [0.15, 0.2) is 18.1 Å². The molecule has 0 atom stereocenters. The normalized spacial score (nSPS) is 11.6. The zero-order valence-electron chi connectivity index (χ0n) is 13.5. The summed E-state index contributed by atoms with van der Waals surface area (Å²) >= 11 is 14.2. The lowest BCUT2D eigenvalue weighted by molar-refractivity contribution is 0.147. The Kier molecular flexibility index (Phi) is 7.03. The van der Waals surface area contributed by atoms with E-state index < -0.39 is 0 Å². The van der Waals surface area contributed by atoms with Crippen molar-refractivity contribution in [1.29, 1.82) is 0 Å². The zero-order chi connectivity index (χ0) is 18.0. The topological polar surface area (TPSA) is 36.9 Å². The molecule has 25 heavy (non-hydrogen) atoms. The Hall–Kier alpha value is 0.1000. The molecule has 0 radical (unpaired) electrons. The highest BCUT2D eigenvalue weighted by molar-refractivity contribution is 9.13. The van der Waals surface area contributed by atoms with Gasteiger partial charge in [-0.05, 0) is 53.9 Å². The van der Waals surface area contributed by atoms with Crippen molar-refractivity contribution >= 4 is 90.6 Å². The largest absolute Gasteiger partial charge is 0.489 e. The summed E-state index contributed by atoms with van der Waals surface area (Å²) in [5, 5.41) is 2.05. The first-order chi connectivity index (χ1) is 12.1. The Labute approximate surface area is 178 Å². The average molecular weight is 575 g/mol. The maximum Gasteiger partial charge on any atom is 0.147 e. The fourth-order valence-corrected chi connectivity index (χ4v) is 6.38. The minimum Gasteiger partial charge on any atom is -0.489 e. The molecular formula is C16H15Br3O4S2. The number of thiophene rings is 2. The van der Waals surface area contributed by atoms with Crippen LogP contribution < -0.4 is 9.47 Å². The molecule has 2 aromatic heterocycles. The van der Waals surface area contributed by atoms with Gasteiger partial charge >= 0.3 is 0 Å². The summed E-state index contributed by atoms with van der Waals surface area (Å²) < 4.78 is 27.5. The number of hydrogen-bond donors (Lipinski definition) is 0. The first-order valence-electron chi connectivity index (χ1n) is 7.34. The van der Waals surface area contributed by atoms with Gasteiger partial charge < -0.3 is 18.9 Å². The minimum atomic E-state index is 0.486. The number of fused-ring (bicyclic) bond motifs is 2. The molecular weight excluding hydrogens is 560 g/mol. The van der Waals surface area contributed by atoms with E-state index in [4.69, 9.17) is 18.9 Å². The van der Waals surface area contributed by atoms with Crippen LogP contribution in [0.2, 0.25) is 0 Å². The summed E-state index contributed by atoms with van der Waals surface area (Å²) in [6.45, 7) is 2.05. The lowest BCUT2D eigenvalue weighted by Crippen LogP contribution is -2.06. The van der Waals surface area contributed by atoms with Gasteiger partial charge in [-0.1, -0.05) is 0 Å². The molecule has 3 aromatic rings. The highest BCUT2D eigenvalue weighted by atomic mass is 79.9. The summed E-state index contributed by atoms with van der Waals surface area (Å²) in [4.78, 5) is 0. The van der Waals surface area contributed by atoms with Crippen LogP contribution in [-0.2, 0) is 9.47 Å². The first-order valence-corrected chi connectivity index (χ1v) is 11.4.